The number of methoxy groups -OCH3 is 1. The molecule has 0 radical (unpaired) electrons. The van der Waals surface area contributed by atoms with Crippen molar-refractivity contribution in [2.45, 2.75) is 6.92 Å². The molecule has 0 saturated carbocycles. The summed E-state index contributed by atoms with van der Waals surface area (Å²) in [6.07, 6.45) is 1.63. The van der Waals surface area contributed by atoms with Crippen molar-refractivity contribution < 1.29 is 14.3 Å². The molecule has 2 aromatic heterocycles. The summed E-state index contributed by atoms with van der Waals surface area (Å²) in [4.78, 5) is 15.5. The Bertz CT molecular complexity index is 534. The fourth-order valence-corrected chi connectivity index (χ4v) is 1.44. The third-order valence-corrected chi connectivity index (χ3v) is 2.31. The molecule has 0 aliphatic heterocycles. The second kappa shape index (κ2) is 5.31. The van der Waals surface area contributed by atoms with E-state index in [9.17, 15) is 4.79 Å². The van der Waals surface area contributed by atoms with Crippen molar-refractivity contribution in [1.82, 2.24) is 15.2 Å². The van der Waals surface area contributed by atoms with Crippen molar-refractivity contribution >= 4 is 5.97 Å². The summed E-state index contributed by atoms with van der Waals surface area (Å²) in [7, 11) is 1.55. The van der Waals surface area contributed by atoms with Gasteiger partial charge in [-0.1, -0.05) is 0 Å². The molecule has 0 unspecified atom stereocenters. The van der Waals surface area contributed by atoms with Crippen LogP contribution in [0.1, 0.15) is 17.4 Å². The van der Waals surface area contributed by atoms with Crippen LogP contribution in [0, 0.1) is 0 Å². The van der Waals surface area contributed by atoms with E-state index in [1.165, 1.54) is 0 Å². The van der Waals surface area contributed by atoms with Crippen molar-refractivity contribution in [2.75, 3.05) is 13.7 Å². The highest BCUT2D eigenvalue weighted by atomic mass is 16.5. The van der Waals surface area contributed by atoms with Gasteiger partial charge in [0.2, 0.25) is 5.88 Å². The third kappa shape index (κ3) is 2.48. The molecule has 2 rings (SSSR count). The first kappa shape index (κ1) is 12.1. The lowest BCUT2D eigenvalue weighted by atomic mass is 10.2. The zero-order chi connectivity index (χ0) is 13.0. The molecule has 0 atom stereocenters. The topological polar surface area (TPSA) is 77.1 Å². The van der Waals surface area contributed by atoms with Gasteiger partial charge in [0.1, 0.15) is 5.69 Å². The van der Waals surface area contributed by atoms with E-state index in [1.807, 2.05) is 6.07 Å². The van der Waals surface area contributed by atoms with Gasteiger partial charge in [0.05, 0.1) is 19.4 Å². The first-order valence-electron chi connectivity index (χ1n) is 5.47. The highest BCUT2D eigenvalue weighted by Crippen LogP contribution is 2.19. The summed E-state index contributed by atoms with van der Waals surface area (Å²) in [5.74, 6) is 0.109. The van der Waals surface area contributed by atoms with Gasteiger partial charge in [-0.15, -0.1) is 0 Å². The van der Waals surface area contributed by atoms with Gasteiger partial charge in [-0.3, -0.25) is 5.10 Å². The number of carbonyl (C=O) groups excluding carboxylic acids is 1. The largest absolute Gasteiger partial charge is 0.481 e. The molecule has 0 fully saturated rings. The van der Waals surface area contributed by atoms with Gasteiger partial charge in [-0.25, -0.2) is 9.78 Å². The molecular weight excluding hydrogens is 234 g/mol. The standard InChI is InChI=1S/C12H13N3O3/c1-3-18-12(16)10-6-9(14-15-10)8-4-5-11(17-2)13-7-8/h4-7H,3H2,1-2H3,(H,14,15). The number of pyridine rings is 1. The molecule has 6 heteroatoms. The summed E-state index contributed by atoms with van der Waals surface area (Å²) >= 11 is 0. The summed E-state index contributed by atoms with van der Waals surface area (Å²) in [5, 5.41) is 6.67. The number of hydrogen-bond acceptors (Lipinski definition) is 5. The van der Waals surface area contributed by atoms with Crippen LogP contribution in [0.15, 0.2) is 24.4 Å². The normalized spacial score (nSPS) is 10.1. The number of aromatic amines is 1. The summed E-state index contributed by atoms with van der Waals surface area (Å²) in [6, 6.07) is 5.17. The molecule has 0 aliphatic carbocycles. The number of ether oxygens (including phenoxy) is 2. The van der Waals surface area contributed by atoms with Gasteiger partial charge in [-0.2, -0.15) is 5.10 Å². The zero-order valence-corrected chi connectivity index (χ0v) is 10.1. The smallest absolute Gasteiger partial charge is 0.356 e. The monoisotopic (exact) mass is 247 g/mol. The van der Waals surface area contributed by atoms with Crippen LogP contribution in [0.4, 0.5) is 0 Å². The van der Waals surface area contributed by atoms with Crippen molar-refractivity contribution in [3.63, 3.8) is 0 Å². The molecule has 0 aromatic carbocycles. The maximum atomic E-state index is 11.5. The Morgan fingerprint density at radius 2 is 2.28 bits per heavy atom. The Morgan fingerprint density at radius 1 is 1.44 bits per heavy atom. The molecule has 6 nitrogen and oxygen atoms in total. The Balaban J connectivity index is 2.20. The molecule has 2 heterocycles. The number of H-pyrrole nitrogens is 1. The van der Waals surface area contributed by atoms with Gasteiger partial charge in [0, 0.05) is 17.8 Å². The van der Waals surface area contributed by atoms with Gasteiger partial charge in [0.15, 0.2) is 0 Å². The first-order valence-corrected chi connectivity index (χ1v) is 5.47. The third-order valence-electron chi connectivity index (χ3n) is 2.31. The minimum atomic E-state index is -0.419. The molecule has 1 N–H and O–H groups in total. The number of nitrogens with zero attached hydrogens (tertiary/aromatic N) is 2. The average Bonchev–Trinajstić information content (AvgIpc) is 2.89. The van der Waals surface area contributed by atoms with Crippen LogP contribution in [-0.2, 0) is 4.74 Å². The summed E-state index contributed by atoms with van der Waals surface area (Å²) in [6.45, 7) is 2.08. The fraction of sp³-hybridized carbons (Fsp3) is 0.250. The second-order valence-electron chi connectivity index (χ2n) is 3.48. The molecule has 0 amide bonds. The SMILES string of the molecule is CCOC(=O)c1cc(-c2ccc(OC)nc2)n[nH]1. The van der Waals surface area contributed by atoms with Crippen LogP contribution in [0.25, 0.3) is 11.3 Å². The number of esters is 1. The summed E-state index contributed by atoms with van der Waals surface area (Å²) in [5.41, 5.74) is 1.75. The molecule has 0 aliphatic rings. The number of carbonyl (C=O) groups is 1. The Kier molecular flexibility index (Phi) is 3.57. The van der Waals surface area contributed by atoms with Crippen LogP contribution in [0.5, 0.6) is 5.88 Å². The second-order valence-corrected chi connectivity index (χ2v) is 3.48. The maximum absolute atomic E-state index is 11.5. The molecule has 94 valence electrons. The van der Waals surface area contributed by atoms with Gasteiger partial charge in [0.25, 0.3) is 0 Å². The first-order chi connectivity index (χ1) is 8.74. The molecule has 2 aromatic rings. The molecule has 0 spiro atoms. The van der Waals surface area contributed by atoms with Crippen LogP contribution < -0.4 is 4.74 Å². The number of nitrogens with one attached hydrogen (secondary N) is 1. The lowest BCUT2D eigenvalue weighted by molar-refractivity contribution is 0.0519. The van der Waals surface area contributed by atoms with Crippen molar-refractivity contribution in [3.8, 4) is 17.1 Å². The summed E-state index contributed by atoms with van der Waals surface area (Å²) < 4.78 is 9.83. The zero-order valence-electron chi connectivity index (χ0n) is 10.1. The fourth-order valence-electron chi connectivity index (χ4n) is 1.44. The predicted octanol–water partition coefficient (Wildman–Crippen LogP) is 1.66. The molecular formula is C12H13N3O3. The Hall–Kier alpha value is -2.37. The van der Waals surface area contributed by atoms with Crippen LogP contribution in [-0.4, -0.2) is 34.9 Å². The number of hydrogen-bond donors (Lipinski definition) is 1. The Labute approximate surface area is 104 Å². The van der Waals surface area contributed by atoms with Crippen molar-refractivity contribution in [1.29, 1.82) is 0 Å². The van der Waals surface area contributed by atoms with E-state index < -0.39 is 5.97 Å². The van der Waals surface area contributed by atoms with E-state index in [1.54, 1.807) is 32.4 Å². The molecule has 0 bridgehead atoms. The van der Waals surface area contributed by atoms with E-state index >= 15 is 0 Å². The van der Waals surface area contributed by atoms with E-state index in [2.05, 4.69) is 15.2 Å². The minimum absolute atomic E-state index is 0.322. The van der Waals surface area contributed by atoms with E-state index in [0.29, 0.717) is 23.9 Å². The van der Waals surface area contributed by atoms with Gasteiger partial charge < -0.3 is 9.47 Å². The Morgan fingerprint density at radius 3 is 2.89 bits per heavy atom. The lowest BCUT2D eigenvalue weighted by Gasteiger charge is -1.99. The predicted molar refractivity (Wildman–Crippen MR) is 64.3 cm³/mol. The quantitative estimate of drug-likeness (QED) is 0.831. The molecule has 18 heavy (non-hydrogen) atoms. The van der Waals surface area contributed by atoms with Crippen LogP contribution in [0.2, 0.25) is 0 Å². The minimum Gasteiger partial charge on any atom is -0.481 e. The maximum Gasteiger partial charge on any atom is 0.356 e. The van der Waals surface area contributed by atoms with E-state index in [4.69, 9.17) is 9.47 Å². The van der Waals surface area contributed by atoms with Crippen molar-refractivity contribution in [2.24, 2.45) is 0 Å². The highest BCUT2D eigenvalue weighted by Gasteiger charge is 2.11. The van der Waals surface area contributed by atoms with E-state index in [0.717, 1.165) is 5.56 Å². The van der Waals surface area contributed by atoms with Crippen LogP contribution >= 0.6 is 0 Å². The average molecular weight is 247 g/mol. The van der Waals surface area contributed by atoms with E-state index in [-0.39, 0.29) is 0 Å². The van der Waals surface area contributed by atoms with Gasteiger partial charge >= 0.3 is 5.97 Å². The van der Waals surface area contributed by atoms with Crippen LogP contribution in [0.3, 0.4) is 0 Å². The van der Waals surface area contributed by atoms with Crippen molar-refractivity contribution in [3.05, 3.63) is 30.1 Å². The molecule has 0 saturated heterocycles. The van der Waals surface area contributed by atoms with Gasteiger partial charge in [-0.05, 0) is 19.1 Å². The highest BCUT2D eigenvalue weighted by molar-refractivity contribution is 5.88. The number of aromatic nitrogens is 3. The lowest BCUT2D eigenvalue weighted by Crippen LogP contribution is -2.04. The number of rotatable bonds is 4.